The molecule has 3 heteroatoms. The summed E-state index contributed by atoms with van der Waals surface area (Å²) in [5.41, 5.74) is 0.298. The summed E-state index contributed by atoms with van der Waals surface area (Å²) in [6.07, 6.45) is 23.4. The van der Waals surface area contributed by atoms with Gasteiger partial charge in [-0.25, -0.2) is 4.98 Å². The third-order valence-corrected chi connectivity index (χ3v) is 5.92. The molecule has 0 spiro atoms. The third kappa shape index (κ3) is 5.91. The molecule has 0 bridgehead atoms. The number of H-pyrrole nitrogens is 1. The van der Waals surface area contributed by atoms with E-state index in [4.69, 9.17) is 0 Å². The van der Waals surface area contributed by atoms with Crippen molar-refractivity contribution in [2.75, 3.05) is 0 Å². The molecule has 0 saturated heterocycles. The first kappa shape index (κ1) is 19.5. The van der Waals surface area contributed by atoms with Gasteiger partial charge in [0.25, 0.3) is 0 Å². The first-order chi connectivity index (χ1) is 11.8. The summed E-state index contributed by atoms with van der Waals surface area (Å²) in [5, 5.41) is 10.7. The zero-order valence-electron chi connectivity index (χ0n) is 15.7. The van der Waals surface area contributed by atoms with E-state index in [2.05, 4.69) is 16.9 Å². The molecule has 2 atom stereocenters. The highest BCUT2D eigenvalue weighted by molar-refractivity contribution is 5.14. The van der Waals surface area contributed by atoms with Gasteiger partial charge >= 0.3 is 0 Å². The quantitative estimate of drug-likeness (QED) is 0.404. The number of aliphatic hydroxyl groups is 1. The lowest BCUT2D eigenvalue weighted by Gasteiger charge is -2.45. The van der Waals surface area contributed by atoms with E-state index in [1.165, 1.54) is 77.0 Å². The molecule has 1 aliphatic carbocycles. The van der Waals surface area contributed by atoms with E-state index in [0.29, 0.717) is 5.92 Å². The van der Waals surface area contributed by atoms with Crippen LogP contribution in [-0.4, -0.2) is 15.1 Å². The second-order valence-corrected chi connectivity index (χ2v) is 7.80. The molecule has 0 amide bonds. The molecule has 24 heavy (non-hydrogen) atoms. The highest BCUT2D eigenvalue weighted by atomic mass is 16.3. The van der Waals surface area contributed by atoms with E-state index in [1.807, 2.05) is 0 Å². The van der Waals surface area contributed by atoms with E-state index in [0.717, 1.165) is 25.0 Å². The van der Waals surface area contributed by atoms with Crippen molar-refractivity contribution in [2.24, 2.45) is 5.92 Å². The van der Waals surface area contributed by atoms with E-state index in [1.54, 1.807) is 12.5 Å². The van der Waals surface area contributed by atoms with Crippen molar-refractivity contribution in [1.29, 1.82) is 0 Å². The minimum atomic E-state index is -0.617. The Labute approximate surface area is 148 Å². The number of imidazole rings is 1. The fourth-order valence-electron chi connectivity index (χ4n) is 4.08. The Kier molecular flexibility index (Phi) is 8.87. The summed E-state index contributed by atoms with van der Waals surface area (Å²) in [7, 11) is 0. The van der Waals surface area contributed by atoms with Crippen molar-refractivity contribution in [2.45, 2.75) is 109 Å². The topological polar surface area (TPSA) is 48.9 Å². The first-order valence-electron chi connectivity index (χ1n) is 10.5. The molecule has 0 aliphatic heterocycles. The number of unbranched alkanes of at least 4 members (excludes halogenated alkanes) is 11. The Balaban J connectivity index is 1.41. The lowest BCUT2D eigenvalue weighted by molar-refractivity contribution is -0.108. The van der Waals surface area contributed by atoms with E-state index >= 15 is 0 Å². The number of hydrogen-bond donors (Lipinski definition) is 2. The van der Waals surface area contributed by atoms with Crippen molar-refractivity contribution in [3.8, 4) is 0 Å². The lowest BCUT2D eigenvalue weighted by atomic mass is 9.65. The standard InChI is InChI=1S/C21H38N2O/c1-2-3-4-5-6-7-8-9-10-11-12-13-14-19-15-16-21(19,24)20-17-22-18-23-20/h17-19,24H,2-16H2,1H3,(H,22,23). The number of rotatable bonds is 14. The smallest absolute Gasteiger partial charge is 0.109 e. The summed E-state index contributed by atoms with van der Waals surface area (Å²) in [6.45, 7) is 2.28. The minimum absolute atomic E-state index is 0.432. The maximum absolute atomic E-state index is 10.7. The molecule has 2 N–H and O–H groups in total. The average Bonchev–Trinajstić information content (AvgIpc) is 3.12. The van der Waals surface area contributed by atoms with Gasteiger partial charge in [0.05, 0.1) is 18.2 Å². The monoisotopic (exact) mass is 334 g/mol. The van der Waals surface area contributed by atoms with Gasteiger partial charge in [-0.05, 0) is 25.2 Å². The molecule has 1 heterocycles. The van der Waals surface area contributed by atoms with Crippen molar-refractivity contribution in [1.82, 2.24) is 9.97 Å². The Hall–Kier alpha value is -0.830. The van der Waals surface area contributed by atoms with Gasteiger partial charge < -0.3 is 10.1 Å². The summed E-state index contributed by atoms with van der Waals surface area (Å²) in [4.78, 5) is 7.15. The van der Waals surface area contributed by atoms with Crippen LogP contribution >= 0.6 is 0 Å². The number of aromatic amines is 1. The van der Waals surface area contributed by atoms with Gasteiger partial charge in [-0.2, -0.15) is 0 Å². The average molecular weight is 335 g/mol. The van der Waals surface area contributed by atoms with Gasteiger partial charge in [0.2, 0.25) is 0 Å². The maximum Gasteiger partial charge on any atom is 0.109 e. The number of aromatic nitrogens is 2. The van der Waals surface area contributed by atoms with Crippen LogP contribution < -0.4 is 0 Å². The predicted octanol–water partition coefficient (Wildman–Crippen LogP) is 6.10. The van der Waals surface area contributed by atoms with Crippen molar-refractivity contribution >= 4 is 0 Å². The van der Waals surface area contributed by atoms with Gasteiger partial charge in [0, 0.05) is 0 Å². The molecule has 1 aliphatic rings. The van der Waals surface area contributed by atoms with Crippen LogP contribution in [0.4, 0.5) is 0 Å². The maximum atomic E-state index is 10.7. The molecular formula is C21H38N2O. The van der Waals surface area contributed by atoms with Crippen molar-refractivity contribution < 1.29 is 5.11 Å². The van der Waals surface area contributed by atoms with Crippen LogP contribution in [0.5, 0.6) is 0 Å². The predicted molar refractivity (Wildman–Crippen MR) is 101 cm³/mol. The SMILES string of the molecule is CCCCCCCCCCCCCCC1CCC1(O)c1cnc[nH]1. The molecule has 3 nitrogen and oxygen atoms in total. The van der Waals surface area contributed by atoms with E-state index < -0.39 is 5.60 Å². The van der Waals surface area contributed by atoms with Crippen molar-refractivity contribution in [3.63, 3.8) is 0 Å². The Morgan fingerprint density at radius 1 is 1.00 bits per heavy atom. The molecular weight excluding hydrogens is 296 g/mol. The number of nitrogens with one attached hydrogen (secondary N) is 1. The van der Waals surface area contributed by atoms with Crippen molar-refractivity contribution in [3.05, 3.63) is 18.2 Å². The van der Waals surface area contributed by atoms with Gasteiger partial charge in [0.15, 0.2) is 0 Å². The van der Waals surface area contributed by atoms with Crippen LogP contribution in [0.25, 0.3) is 0 Å². The summed E-state index contributed by atoms with van der Waals surface area (Å²) >= 11 is 0. The molecule has 0 radical (unpaired) electrons. The molecule has 2 unspecified atom stereocenters. The van der Waals surface area contributed by atoms with E-state index in [-0.39, 0.29) is 0 Å². The highest BCUT2D eigenvalue weighted by Gasteiger charge is 2.46. The fourth-order valence-corrected chi connectivity index (χ4v) is 4.08. The van der Waals surface area contributed by atoms with Gasteiger partial charge in [-0.3, -0.25) is 0 Å². The van der Waals surface area contributed by atoms with E-state index in [9.17, 15) is 5.11 Å². The second kappa shape index (κ2) is 10.9. The van der Waals surface area contributed by atoms with Crippen LogP contribution in [0.1, 0.15) is 109 Å². The number of hydrogen-bond acceptors (Lipinski definition) is 2. The zero-order valence-corrected chi connectivity index (χ0v) is 15.7. The Morgan fingerprint density at radius 3 is 2.04 bits per heavy atom. The zero-order chi connectivity index (χ0) is 17.1. The van der Waals surface area contributed by atoms with Crippen LogP contribution in [0.3, 0.4) is 0 Å². The Bertz CT molecular complexity index is 417. The molecule has 2 rings (SSSR count). The summed E-state index contributed by atoms with van der Waals surface area (Å²) < 4.78 is 0. The van der Waals surface area contributed by atoms with Gasteiger partial charge in [0.1, 0.15) is 5.60 Å². The van der Waals surface area contributed by atoms with Crippen LogP contribution in [0, 0.1) is 5.92 Å². The first-order valence-corrected chi connectivity index (χ1v) is 10.5. The van der Waals surface area contributed by atoms with Crippen LogP contribution in [0.15, 0.2) is 12.5 Å². The molecule has 1 aromatic heterocycles. The molecule has 1 saturated carbocycles. The normalized spacial score (nSPS) is 23.3. The summed E-state index contributed by atoms with van der Waals surface area (Å²) in [6, 6.07) is 0. The molecule has 0 aromatic carbocycles. The van der Waals surface area contributed by atoms with Crippen LogP contribution in [0.2, 0.25) is 0 Å². The fraction of sp³-hybridized carbons (Fsp3) is 0.857. The molecule has 138 valence electrons. The van der Waals surface area contributed by atoms with Gasteiger partial charge in [-0.15, -0.1) is 0 Å². The highest BCUT2D eigenvalue weighted by Crippen LogP contribution is 2.48. The second-order valence-electron chi connectivity index (χ2n) is 7.80. The minimum Gasteiger partial charge on any atom is -0.383 e. The lowest BCUT2D eigenvalue weighted by Crippen LogP contribution is -2.44. The largest absolute Gasteiger partial charge is 0.383 e. The Morgan fingerprint density at radius 2 is 1.58 bits per heavy atom. The third-order valence-electron chi connectivity index (χ3n) is 5.92. The number of nitrogens with zero attached hydrogens (tertiary/aromatic N) is 1. The molecule has 1 aromatic rings. The van der Waals surface area contributed by atoms with Crippen LogP contribution in [-0.2, 0) is 5.60 Å². The molecule has 1 fully saturated rings. The van der Waals surface area contributed by atoms with Gasteiger partial charge in [-0.1, -0.05) is 84.0 Å². The summed E-state index contributed by atoms with van der Waals surface area (Å²) in [5.74, 6) is 0.432.